The van der Waals surface area contributed by atoms with Crippen molar-refractivity contribution in [1.29, 1.82) is 0 Å². The molecule has 0 unspecified atom stereocenters. The summed E-state index contributed by atoms with van der Waals surface area (Å²) < 4.78 is 0. The summed E-state index contributed by atoms with van der Waals surface area (Å²) in [6, 6.07) is -0.285. The zero-order valence-corrected chi connectivity index (χ0v) is 5.46. The van der Waals surface area contributed by atoms with E-state index in [1.54, 1.807) is 0 Å². The number of amides is 1. The molecule has 3 nitrogen and oxygen atoms in total. The Labute approximate surface area is 55.9 Å². The minimum absolute atomic E-state index is 0. The predicted molar refractivity (Wildman–Crippen MR) is 36.1 cm³/mol. The van der Waals surface area contributed by atoms with Gasteiger partial charge in [-0.05, 0) is 6.42 Å². The van der Waals surface area contributed by atoms with E-state index in [0.717, 1.165) is 19.1 Å². The number of hydrogen-bond donors (Lipinski definition) is 1. The van der Waals surface area contributed by atoms with Gasteiger partial charge < -0.3 is 10.1 Å². The van der Waals surface area contributed by atoms with E-state index in [1.165, 1.54) is 0 Å². The molecule has 9 heavy (non-hydrogen) atoms. The molecule has 0 radical (unpaired) electrons. The molecule has 54 valence electrons. The molecule has 0 aliphatic carbocycles. The molecule has 0 aromatic heterocycles. The molecule has 0 saturated heterocycles. The first-order chi connectivity index (χ1) is 4.35. The highest BCUT2D eigenvalue weighted by atomic mass is 16.1. The highest BCUT2D eigenvalue weighted by Gasteiger charge is 2.00. The summed E-state index contributed by atoms with van der Waals surface area (Å²) in [6.07, 6.45) is 2.93. The maximum Gasteiger partial charge on any atom is 0.207 e. The fourth-order valence-electron chi connectivity index (χ4n) is 0.589. The maximum absolute atomic E-state index is 10.1. The second kappa shape index (κ2) is 5.28. The van der Waals surface area contributed by atoms with E-state index in [0.29, 0.717) is 6.41 Å². The highest BCUT2D eigenvalue weighted by molar-refractivity contribution is 5.63. The third-order valence-corrected chi connectivity index (χ3v) is 1.05. The van der Waals surface area contributed by atoms with Crippen molar-refractivity contribution in [1.82, 2.24) is 5.32 Å². The van der Waals surface area contributed by atoms with E-state index in [-0.39, 0.29) is 7.47 Å². The van der Waals surface area contributed by atoms with Crippen LogP contribution in [-0.2, 0) is 9.59 Å². The summed E-state index contributed by atoms with van der Waals surface area (Å²) in [6.45, 7) is 1.96. The maximum atomic E-state index is 10.1. The van der Waals surface area contributed by atoms with Gasteiger partial charge in [-0.1, -0.05) is 13.3 Å². The Morgan fingerprint density at radius 3 is 2.67 bits per heavy atom. The predicted octanol–water partition coefficient (Wildman–Crippen LogP) is 0.346. The molecule has 0 heterocycles. The van der Waals surface area contributed by atoms with Gasteiger partial charge in [0.15, 0.2) is 0 Å². The van der Waals surface area contributed by atoms with Crippen molar-refractivity contribution >= 4 is 12.7 Å². The molecule has 0 spiro atoms. The summed E-state index contributed by atoms with van der Waals surface area (Å²) >= 11 is 0. The monoisotopic (exact) mass is 131 g/mol. The lowest BCUT2D eigenvalue weighted by Crippen LogP contribution is -2.28. The lowest BCUT2D eigenvalue weighted by molar-refractivity contribution is -0.115. The molecule has 0 saturated carbocycles. The Bertz CT molecular complexity index is 97.7. The molecule has 0 aromatic carbocycles. The molecule has 0 fully saturated rings. The molecule has 0 aromatic rings. The van der Waals surface area contributed by atoms with E-state index in [1.807, 2.05) is 6.92 Å². The van der Waals surface area contributed by atoms with Crippen LogP contribution in [0.15, 0.2) is 0 Å². The van der Waals surface area contributed by atoms with Crippen molar-refractivity contribution in [3.63, 3.8) is 0 Å². The number of carbonyl (C=O) groups excluding carboxylic acids is 2. The minimum atomic E-state index is -0.285. The average molecular weight is 131 g/mol. The Morgan fingerprint density at radius 2 is 2.33 bits per heavy atom. The van der Waals surface area contributed by atoms with Crippen molar-refractivity contribution < 1.29 is 11.0 Å². The van der Waals surface area contributed by atoms with Crippen LogP contribution in [0.5, 0.6) is 0 Å². The first kappa shape index (κ1) is 8.14. The van der Waals surface area contributed by atoms with Gasteiger partial charge in [0.05, 0.1) is 6.04 Å². The number of nitrogens with one attached hydrogen (secondary N) is 1. The molecule has 0 aliphatic heterocycles. The summed E-state index contributed by atoms with van der Waals surface area (Å²) in [5.41, 5.74) is 0. The SMILES string of the molecule is CCC[C@@H](C=O)NC=O.[HH]. The Morgan fingerprint density at radius 1 is 1.67 bits per heavy atom. The lowest BCUT2D eigenvalue weighted by atomic mass is 10.2. The van der Waals surface area contributed by atoms with Gasteiger partial charge in [-0.15, -0.1) is 0 Å². The number of carbonyl (C=O) groups is 2. The topological polar surface area (TPSA) is 46.2 Å². The van der Waals surface area contributed by atoms with Gasteiger partial charge >= 0.3 is 0 Å². The molecule has 1 atom stereocenters. The molecule has 3 heteroatoms. The van der Waals surface area contributed by atoms with Crippen molar-refractivity contribution in [3.8, 4) is 0 Å². The Kier molecular flexibility index (Phi) is 4.78. The average Bonchev–Trinajstić information content (AvgIpc) is 1.88. The van der Waals surface area contributed by atoms with Crippen LogP contribution < -0.4 is 5.32 Å². The third-order valence-electron chi connectivity index (χ3n) is 1.05. The van der Waals surface area contributed by atoms with Gasteiger partial charge in [0, 0.05) is 1.43 Å². The summed E-state index contributed by atoms with van der Waals surface area (Å²) in [7, 11) is 0. The smallest absolute Gasteiger partial charge is 0.207 e. The van der Waals surface area contributed by atoms with Crippen molar-refractivity contribution in [3.05, 3.63) is 0 Å². The molecule has 0 aliphatic rings. The van der Waals surface area contributed by atoms with Gasteiger partial charge in [-0.3, -0.25) is 4.79 Å². The summed E-state index contributed by atoms with van der Waals surface area (Å²) in [5, 5.41) is 2.38. The Hall–Kier alpha value is -0.860. The van der Waals surface area contributed by atoms with Gasteiger partial charge in [-0.2, -0.15) is 0 Å². The standard InChI is InChI=1S/C6H11NO2.H2/c1-2-3-6(4-8)7-5-9;/h4-6H,2-3H2,1H3,(H,7,9);1H/t6-;/m0./s1. The zero-order chi connectivity index (χ0) is 7.11. The number of hydrogen-bond acceptors (Lipinski definition) is 2. The fraction of sp³-hybridized carbons (Fsp3) is 0.667. The molecule has 1 N–H and O–H groups in total. The van der Waals surface area contributed by atoms with E-state index in [4.69, 9.17) is 0 Å². The normalized spacial score (nSPS) is 12.1. The van der Waals surface area contributed by atoms with Crippen LogP contribution in [0.4, 0.5) is 0 Å². The van der Waals surface area contributed by atoms with Crippen LogP contribution in [0.25, 0.3) is 0 Å². The van der Waals surface area contributed by atoms with Crippen LogP contribution in [0.1, 0.15) is 21.2 Å². The number of aldehydes is 1. The molecular formula is C6H13NO2. The first-order valence-corrected chi connectivity index (χ1v) is 3.00. The lowest BCUT2D eigenvalue weighted by Gasteiger charge is -2.04. The van der Waals surface area contributed by atoms with E-state index in [2.05, 4.69) is 5.32 Å². The molecular weight excluding hydrogens is 118 g/mol. The van der Waals surface area contributed by atoms with Crippen LogP contribution in [-0.4, -0.2) is 18.7 Å². The van der Waals surface area contributed by atoms with E-state index >= 15 is 0 Å². The van der Waals surface area contributed by atoms with Gasteiger partial charge in [-0.25, -0.2) is 0 Å². The molecule has 1 amide bonds. The second-order valence-corrected chi connectivity index (χ2v) is 1.82. The van der Waals surface area contributed by atoms with Crippen LogP contribution >= 0.6 is 0 Å². The van der Waals surface area contributed by atoms with Crippen molar-refractivity contribution in [2.24, 2.45) is 0 Å². The van der Waals surface area contributed by atoms with Gasteiger partial charge in [0.25, 0.3) is 0 Å². The molecule has 0 rings (SSSR count). The summed E-state index contributed by atoms with van der Waals surface area (Å²) in [5.74, 6) is 0. The minimum Gasteiger partial charge on any atom is -0.349 e. The van der Waals surface area contributed by atoms with Gasteiger partial charge in [0.1, 0.15) is 6.29 Å². The third kappa shape index (κ3) is 3.70. The van der Waals surface area contributed by atoms with E-state index < -0.39 is 0 Å². The quantitative estimate of drug-likeness (QED) is 0.547. The summed E-state index contributed by atoms with van der Waals surface area (Å²) in [4.78, 5) is 19.8. The second-order valence-electron chi connectivity index (χ2n) is 1.82. The van der Waals surface area contributed by atoms with Crippen molar-refractivity contribution in [2.45, 2.75) is 25.8 Å². The first-order valence-electron chi connectivity index (χ1n) is 3.00. The zero-order valence-electron chi connectivity index (χ0n) is 5.46. The van der Waals surface area contributed by atoms with E-state index in [9.17, 15) is 9.59 Å². The highest BCUT2D eigenvalue weighted by Crippen LogP contribution is 1.90. The van der Waals surface area contributed by atoms with Crippen molar-refractivity contribution in [2.75, 3.05) is 0 Å². The largest absolute Gasteiger partial charge is 0.349 e. The van der Waals surface area contributed by atoms with Gasteiger partial charge in [0.2, 0.25) is 6.41 Å². The van der Waals surface area contributed by atoms with Crippen LogP contribution in [0.3, 0.4) is 0 Å². The molecule has 0 bridgehead atoms. The number of rotatable bonds is 5. The fourth-order valence-corrected chi connectivity index (χ4v) is 0.589. The van der Waals surface area contributed by atoms with Crippen LogP contribution in [0.2, 0.25) is 0 Å². The van der Waals surface area contributed by atoms with Crippen LogP contribution in [0, 0.1) is 0 Å². The Balaban J connectivity index is 0.